The first-order chi connectivity index (χ1) is 12.1. The minimum absolute atomic E-state index is 0.131. The SMILES string of the molecule is CCCCn1nnc(NC(=O)c2ccc(-c3ccc(Cl)c(Cl)c3)o2)n1. The number of unbranched alkanes of at least 4 members (excludes halogenated alkanes) is 1. The van der Waals surface area contributed by atoms with Gasteiger partial charge in [-0.1, -0.05) is 41.6 Å². The van der Waals surface area contributed by atoms with Crippen molar-refractivity contribution in [2.75, 3.05) is 5.32 Å². The van der Waals surface area contributed by atoms with E-state index in [9.17, 15) is 4.79 Å². The molecule has 1 aromatic carbocycles. The maximum absolute atomic E-state index is 12.2. The van der Waals surface area contributed by atoms with Gasteiger partial charge in [-0.25, -0.2) is 0 Å². The predicted octanol–water partition coefficient (Wildman–Crippen LogP) is 4.29. The molecule has 3 rings (SSSR count). The largest absolute Gasteiger partial charge is 0.451 e. The zero-order valence-electron chi connectivity index (χ0n) is 13.4. The van der Waals surface area contributed by atoms with Crippen LogP contribution in [-0.4, -0.2) is 26.1 Å². The van der Waals surface area contributed by atoms with E-state index >= 15 is 0 Å². The second-order valence-corrected chi connectivity index (χ2v) is 6.12. The third-order valence-corrected chi connectivity index (χ3v) is 4.16. The van der Waals surface area contributed by atoms with Gasteiger partial charge in [0, 0.05) is 5.56 Å². The van der Waals surface area contributed by atoms with Crippen LogP contribution in [0, 0.1) is 0 Å². The van der Waals surface area contributed by atoms with Gasteiger partial charge in [0.25, 0.3) is 11.9 Å². The maximum Gasteiger partial charge on any atom is 0.293 e. The highest BCUT2D eigenvalue weighted by atomic mass is 35.5. The number of halogens is 2. The Morgan fingerprint density at radius 1 is 1.24 bits per heavy atom. The molecule has 0 aliphatic rings. The Morgan fingerprint density at radius 2 is 2.08 bits per heavy atom. The number of aromatic nitrogens is 4. The Morgan fingerprint density at radius 3 is 2.84 bits per heavy atom. The van der Waals surface area contributed by atoms with Gasteiger partial charge < -0.3 is 4.42 Å². The standard InChI is InChI=1S/C16H15Cl2N5O2/c1-2-3-8-23-21-16(20-22-23)19-15(24)14-7-6-13(25-14)10-4-5-11(17)12(18)9-10/h4-7,9H,2-3,8H2,1H3,(H,19,21,24). The average molecular weight is 380 g/mol. The lowest BCUT2D eigenvalue weighted by Gasteiger charge is -2.00. The normalized spacial score (nSPS) is 10.8. The number of hydrogen-bond donors (Lipinski definition) is 1. The summed E-state index contributed by atoms with van der Waals surface area (Å²) >= 11 is 11.9. The number of tetrazole rings is 1. The van der Waals surface area contributed by atoms with Gasteiger partial charge in [-0.2, -0.15) is 4.80 Å². The van der Waals surface area contributed by atoms with Crippen LogP contribution in [-0.2, 0) is 6.54 Å². The van der Waals surface area contributed by atoms with Crippen LogP contribution in [0.25, 0.3) is 11.3 Å². The lowest BCUT2D eigenvalue weighted by molar-refractivity contribution is 0.0996. The van der Waals surface area contributed by atoms with Gasteiger partial charge in [-0.05, 0) is 42.0 Å². The van der Waals surface area contributed by atoms with Gasteiger partial charge in [-0.15, -0.1) is 5.10 Å². The van der Waals surface area contributed by atoms with Crippen LogP contribution in [0.4, 0.5) is 5.95 Å². The van der Waals surface area contributed by atoms with Gasteiger partial charge in [-0.3, -0.25) is 10.1 Å². The smallest absolute Gasteiger partial charge is 0.293 e. The number of carbonyl (C=O) groups is 1. The zero-order chi connectivity index (χ0) is 17.8. The van der Waals surface area contributed by atoms with Gasteiger partial charge in [0.1, 0.15) is 5.76 Å². The highest BCUT2D eigenvalue weighted by Gasteiger charge is 2.15. The van der Waals surface area contributed by atoms with E-state index in [1.54, 1.807) is 30.3 Å². The predicted molar refractivity (Wildman–Crippen MR) is 94.8 cm³/mol. The van der Waals surface area contributed by atoms with Crippen molar-refractivity contribution in [2.45, 2.75) is 26.3 Å². The van der Waals surface area contributed by atoms with Crippen LogP contribution in [0.5, 0.6) is 0 Å². The number of aryl methyl sites for hydroxylation is 1. The molecular weight excluding hydrogens is 365 g/mol. The summed E-state index contributed by atoms with van der Waals surface area (Å²) in [6.07, 6.45) is 1.96. The molecule has 0 saturated heterocycles. The van der Waals surface area contributed by atoms with Gasteiger partial charge in [0.05, 0.1) is 16.6 Å². The molecular formula is C16H15Cl2N5O2. The molecule has 0 aliphatic carbocycles. The fourth-order valence-electron chi connectivity index (χ4n) is 2.12. The third-order valence-electron chi connectivity index (χ3n) is 3.42. The van der Waals surface area contributed by atoms with Crippen LogP contribution in [0.1, 0.15) is 30.3 Å². The molecule has 0 aliphatic heterocycles. The Hall–Kier alpha value is -2.38. The van der Waals surface area contributed by atoms with E-state index in [0.29, 0.717) is 22.4 Å². The molecule has 0 saturated carbocycles. The number of amides is 1. The van der Waals surface area contributed by atoms with Crippen LogP contribution < -0.4 is 5.32 Å². The number of nitrogens with zero attached hydrogens (tertiary/aromatic N) is 4. The monoisotopic (exact) mass is 379 g/mol. The number of furan rings is 1. The molecule has 0 atom stereocenters. The molecule has 0 spiro atoms. The number of nitrogens with one attached hydrogen (secondary N) is 1. The summed E-state index contributed by atoms with van der Waals surface area (Å²) in [7, 11) is 0. The van der Waals surface area contributed by atoms with Crippen molar-refractivity contribution in [3.8, 4) is 11.3 Å². The number of anilines is 1. The van der Waals surface area contributed by atoms with E-state index < -0.39 is 5.91 Å². The molecule has 2 heterocycles. The van der Waals surface area contributed by atoms with E-state index in [4.69, 9.17) is 27.6 Å². The van der Waals surface area contributed by atoms with Crippen molar-refractivity contribution in [3.63, 3.8) is 0 Å². The van der Waals surface area contributed by atoms with Crippen LogP contribution in [0.3, 0.4) is 0 Å². The van der Waals surface area contributed by atoms with E-state index in [0.717, 1.165) is 18.4 Å². The molecule has 0 unspecified atom stereocenters. The van der Waals surface area contributed by atoms with Crippen molar-refractivity contribution in [1.29, 1.82) is 0 Å². The summed E-state index contributed by atoms with van der Waals surface area (Å²) < 4.78 is 5.57. The molecule has 25 heavy (non-hydrogen) atoms. The molecule has 9 heteroatoms. The minimum Gasteiger partial charge on any atom is -0.451 e. The fourth-order valence-corrected chi connectivity index (χ4v) is 2.41. The Balaban J connectivity index is 1.70. The van der Waals surface area contributed by atoms with Gasteiger partial charge in [0.2, 0.25) is 0 Å². The number of hydrogen-bond acceptors (Lipinski definition) is 5. The first-order valence-corrected chi connectivity index (χ1v) is 8.47. The fraction of sp³-hybridized carbons (Fsp3) is 0.250. The minimum atomic E-state index is -0.457. The van der Waals surface area contributed by atoms with E-state index in [1.165, 1.54) is 4.80 Å². The molecule has 3 aromatic rings. The first-order valence-electron chi connectivity index (χ1n) is 7.71. The molecule has 1 N–H and O–H groups in total. The van der Waals surface area contributed by atoms with Crippen LogP contribution in [0.2, 0.25) is 10.0 Å². The summed E-state index contributed by atoms with van der Waals surface area (Å²) in [5.41, 5.74) is 0.720. The molecule has 2 aromatic heterocycles. The second-order valence-electron chi connectivity index (χ2n) is 5.31. The van der Waals surface area contributed by atoms with Crippen molar-refractivity contribution in [1.82, 2.24) is 20.2 Å². The van der Waals surface area contributed by atoms with Crippen LogP contribution >= 0.6 is 23.2 Å². The molecule has 1 amide bonds. The maximum atomic E-state index is 12.2. The molecule has 0 fully saturated rings. The average Bonchev–Trinajstić information content (AvgIpc) is 3.25. The molecule has 0 bridgehead atoms. The van der Waals surface area contributed by atoms with Gasteiger partial charge in [0.15, 0.2) is 5.76 Å². The van der Waals surface area contributed by atoms with E-state index in [2.05, 4.69) is 27.7 Å². The molecule has 7 nitrogen and oxygen atoms in total. The first kappa shape index (κ1) is 17.4. The van der Waals surface area contributed by atoms with Crippen molar-refractivity contribution >= 4 is 35.1 Å². The van der Waals surface area contributed by atoms with E-state index in [1.807, 2.05) is 0 Å². The topological polar surface area (TPSA) is 85.8 Å². The van der Waals surface area contributed by atoms with Crippen LogP contribution in [0.15, 0.2) is 34.7 Å². The summed E-state index contributed by atoms with van der Waals surface area (Å²) in [4.78, 5) is 13.7. The lowest BCUT2D eigenvalue weighted by Crippen LogP contribution is -2.12. The van der Waals surface area contributed by atoms with Crippen molar-refractivity contribution in [2.24, 2.45) is 0 Å². The summed E-state index contributed by atoms with van der Waals surface area (Å²) in [6.45, 7) is 2.73. The Kier molecular flexibility index (Phi) is 5.35. The third kappa shape index (κ3) is 4.18. The van der Waals surface area contributed by atoms with Crippen molar-refractivity contribution < 1.29 is 9.21 Å². The Labute approximate surface area is 153 Å². The number of rotatable bonds is 6. The Bertz CT molecular complexity index is 890. The molecule has 0 radical (unpaired) electrons. The lowest BCUT2D eigenvalue weighted by atomic mass is 10.2. The molecule has 130 valence electrons. The summed E-state index contributed by atoms with van der Waals surface area (Å²) in [6, 6.07) is 8.34. The van der Waals surface area contributed by atoms with Gasteiger partial charge >= 0.3 is 0 Å². The zero-order valence-corrected chi connectivity index (χ0v) is 14.9. The second kappa shape index (κ2) is 7.67. The number of carbonyl (C=O) groups excluding carboxylic acids is 1. The summed E-state index contributed by atoms with van der Waals surface area (Å²) in [5, 5.41) is 15.2. The van der Waals surface area contributed by atoms with Crippen molar-refractivity contribution in [3.05, 3.63) is 46.1 Å². The van der Waals surface area contributed by atoms with E-state index in [-0.39, 0.29) is 11.7 Å². The number of benzene rings is 1. The highest BCUT2D eigenvalue weighted by molar-refractivity contribution is 6.42. The highest BCUT2D eigenvalue weighted by Crippen LogP contribution is 2.29. The summed E-state index contributed by atoms with van der Waals surface area (Å²) in [5.74, 6) is 0.309. The quantitative estimate of drug-likeness (QED) is 0.689.